The number of amides is 1. The molecule has 1 atom stereocenters. The van der Waals surface area contributed by atoms with Gasteiger partial charge in [0.25, 0.3) is 5.91 Å². The number of benzene rings is 1. The van der Waals surface area contributed by atoms with Crippen LogP contribution in [-0.2, 0) is 4.79 Å². The molecule has 132 valence electrons. The smallest absolute Gasteiger partial charge is 0.329 e. The van der Waals surface area contributed by atoms with E-state index in [2.05, 4.69) is 5.32 Å². The Bertz CT molecular complexity index is 609. The van der Waals surface area contributed by atoms with Crippen molar-refractivity contribution in [1.29, 1.82) is 0 Å². The van der Waals surface area contributed by atoms with Gasteiger partial charge in [-0.25, -0.2) is 4.79 Å². The average molecular weight is 335 g/mol. The Hall–Kier alpha value is -2.24. The summed E-state index contributed by atoms with van der Waals surface area (Å²) in [5, 5.41) is 11.8. The minimum absolute atomic E-state index is 0.189. The molecule has 0 aliphatic heterocycles. The van der Waals surface area contributed by atoms with Gasteiger partial charge < -0.3 is 19.9 Å². The van der Waals surface area contributed by atoms with Gasteiger partial charge in [-0.3, -0.25) is 4.79 Å². The van der Waals surface area contributed by atoms with Crippen LogP contribution >= 0.6 is 0 Å². The average Bonchev–Trinajstić information content (AvgIpc) is 3.07. The highest BCUT2D eigenvalue weighted by molar-refractivity contribution is 5.98. The molecule has 0 radical (unpaired) electrons. The second-order valence-electron chi connectivity index (χ2n) is 6.33. The zero-order chi connectivity index (χ0) is 17.7. The van der Waals surface area contributed by atoms with Crippen LogP contribution in [0.25, 0.3) is 0 Å². The van der Waals surface area contributed by atoms with Gasteiger partial charge in [0.15, 0.2) is 11.5 Å². The predicted molar refractivity (Wildman–Crippen MR) is 89.7 cm³/mol. The fourth-order valence-corrected chi connectivity index (χ4v) is 2.71. The van der Waals surface area contributed by atoms with Gasteiger partial charge in [-0.1, -0.05) is 6.92 Å². The number of hydrogen-bond donors (Lipinski definition) is 2. The number of carbonyl (C=O) groups is 2. The zero-order valence-electron chi connectivity index (χ0n) is 14.4. The highest BCUT2D eigenvalue weighted by atomic mass is 16.5. The maximum absolute atomic E-state index is 12.4. The summed E-state index contributed by atoms with van der Waals surface area (Å²) in [5.74, 6) is -0.431. The molecule has 6 heteroatoms. The van der Waals surface area contributed by atoms with Crippen LogP contribution < -0.4 is 14.8 Å². The first-order valence-electron chi connectivity index (χ1n) is 8.30. The van der Waals surface area contributed by atoms with Crippen LogP contribution in [0.2, 0.25) is 0 Å². The number of hydrogen-bond acceptors (Lipinski definition) is 4. The fourth-order valence-electron chi connectivity index (χ4n) is 2.71. The highest BCUT2D eigenvalue weighted by Crippen LogP contribution is 2.32. The Kier molecular flexibility index (Phi) is 5.70. The van der Waals surface area contributed by atoms with Gasteiger partial charge in [0.05, 0.1) is 13.2 Å². The third-order valence-electron chi connectivity index (χ3n) is 4.59. The number of carboxylic acids is 1. The van der Waals surface area contributed by atoms with Gasteiger partial charge in [0, 0.05) is 5.56 Å². The first-order chi connectivity index (χ1) is 11.4. The second kappa shape index (κ2) is 7.55. The lowest BCUT2D eigenvalue weighted by molar-refractivity contribution is -0.143. The van der Waals surface area contributed by atoms with Crippen molar-refractivity contribution >= 4 is 11.9 Å². The Morgan fingerprint density at radius 2 is 1.96 bits per heavy atom. The van der Waals surface area contributed by atoms with E-state index >= 15 is 0 Å². The van der Waals surface area contributed by atoms with Crippen LogP contribution in [0.15, 0.2) is 18.2 Å². The molecule has 0 spiro atoms. The van der Waals surface area contributed by atoms with Crippen molar-refractivity contribution in [2.75, 3.05) is 7.11 Å². The first kappa shape index (κ1) is 18.1. The standard InChI is InChI=1S/C18H25NO5/c1-4-18(2,17(21)22)19-16(20)12-9-10-14(15(11-12)23-3)24-13-7-5-6-8-13/h9-11,13H,4-8H2,1-3H3,(H,19,20)(H,21,22). The minimum atomic E-state index is -1.30. The normalized spacial score (nSPS) is 17.1. The van der Waals surface area contributed by atoms with Crippen LogP contribution in [0, 0.1) is 0 Å². The molecule has 1 saturated carbocycles. The molecule has 1 fully saturated rings. The topological polar surface area (TPSA) is 84.9 Å². The van der Waals surface area contributed by atoms with Gasteiger partial charge in [0.1, 0.15) is 5.54 Å². The van der Waals surface area contributed by atoms with E-state index in [1.165, 1.54) is 14.0 Å². The van der Waals surface area contributed by atoms with Crippen LogP contribution in [0.1, 0.15) is 56.3 Å². The number of nitrogens with one attached hydrogen (secondary N) is 1. The summed E-state index contributed by atoms with van der Waals surface area (Å²) < 4.78 is 11.3. The van der Waals surface area contributed by atoms with Gasteiger partial charge >= 0.3 is 5.97 Å². The number of aliphatic carboxylic acids is 1. The maximum atomic E-state index is 12.4. The van der Waals surface area contributed by atoms with Gasteiger partial charge in [-0.15, -0.1) is 0 Å². The lowest BCUT2D eigenvalue weighted by Crippen LogP contribution is -2.51. The minimum Gasteiger partial charge on any atom is -0.493 e. The number of carboxylic acid groups (broad SMARTS) is 1. The molecule has 1 aliphatic rings. The fraction of sp³-hybridized carbons (Fsp3) is 0.556. The first-order valence-corrected chi connectivity index (χ1v) is 8.30. The van der Waals surface area contributed by atoms with Crippen molar-refractivity contribution < 1.29 is 24.2 Å². The van der Waals surface area contributed by atoms with E-state index in [9.17, 15) is 14.7 Å². The Morgan fingerprint density at radius 3 is 2.50 bits per heavy atom. The van der Waals surface area contributed by atoms with E-state index in [0.717, 1.165) is 25.7 Å². The van der Waals surface area contributed by atoms with Crippen molar-refractivity contribution in [2.45, 2.75) is 57.6 Å². The molecule has 0 bridgehead atoms. The zero-order valence-corrected chi connectivity index (χ0v) is 14.4. The van der Waals surface area contributed by atoms with Crippen LogP contribution in [0.5, 0.6) is 11.5 Å². The molecule has 2 rings (SSSR count). The van der Waals surface area contributed by atoms with Gasteiger partial charge in [-0.2, -0.15) is 0 Å². The quantitative estimate of drug-likeness (QED) is 0.800. The van der Waals surface area contributed by atoms with Crippen LogP contribution in [0.3, 0.4) is 0 Å². The third-order valence-corrected chi connectivity index (χ3v) is 4.59. The van der Waals surface area contributed by atoms with Crippen molar-refractivity contribution in [2.24, 2.45) is 0 Å². The summed E-state index contributed by atoms with van der Waals surface area (Å²) in [5.41, 5.74) is -0.963. The summed E-state index contributed by atoms with van der Waals surface area (Å²) in [7, 11) is 1.52. The van der Waals surface area contributed by atoms with E-state index in [4.69, 9.17) is 9.47 Å². The van der Waals surface area contributed by atoms with E-state index in [1.807, 2.05) is 0 Å². The monoisotopic (exact) mass is 335 g/mol. The van der Waals surface area contributed by atoms with Crippen molar-refractivity contribution in [3.05, 3.63) is 23.8 Å². The maximum Gasteiger partial charge on any atom is 0.329 e. The lowest BCUT2D eigenvalue weighted by Gasteiger charge is -2.24. The van der Waals surface area contributed by atoms with Crippen molar-refractivity contribution in [3.63, 3.8) is 0 Å². The molecule has 0 heterocycles. The third kappa shape index (κ3) is 3.99. The van der Waals surface area contributed by atoms with Crippen LogP contribution in [0.4, 0.5) is 0 Å². The highest BCUT2D eigenvalue weighted by Gasteiger charge is 2.33. The predicted octanol–water partition coefficient (Wildman–Crippen LogP) is 3.00. The summed E-state index contributed by atoms with van der Waals surface area (Å²) in [6.45, 7) is 3.20. The van der Waals surface area contributed by atoms with Gasteiger partial charge in [0.2, 0.25) is 0 Å². The Labute approximate surface area is 142 Å². The summed E-state index contributed by atoms with van der Waals surface area (Å²) in [6.07, 6.45) is 4.86. The van der Waals surface area contributed by atoms with Crippen molar-refractivity contribution in [3.8, 4) is 11.5 Å². The van der Waals surface area contributed by atoms with E-state index in [0.29, 0.717) is 17.1 Å². The van der Waals surface area contributed by atoms with Crippen LogP contribution in [-0.4, -0.2) is 35.7 Å². The molecule has 2 N–H and O–H groups in total. The molecule has 6 nitrogen and oxygen atoms in total. The molecule has 1 aromatic rings. The van der Waals surface area contributed by atoms with E-state index < -0.39 is 17.4 Å². The number of ether oxygens (including phenoxy) is 2. The SMILES string of the molecule is CCC(C)(NC(=O)c1ccc(OC2CCCC2)c(OC)c1)C(=O)O. The molecule has 1 amide bonds. The summed E-state index contributed by atoms with van der Waals surface area (Å²) in [4.78, 5) is 23.7. The largest absolute Gasteiger partial charge is 0.493 e. The molecule has 1 unspecified atom stereocenters. The molecule has 24 heavy (non-hydrogen) atoms. The summed E-state index contributed by atoms with van der Waals surface area (Å²) >= 11 is 0. The molecule has 0 aromatic heterocycles. The second-order valence-corrected chi connectivity index (χ2v) is 6.33. The van der Waals surface area contributed by atoms with E-state index in [-0.39, 0.29) is 12.5 Å². The van der Waals surface area contributed by atoms with E-state index in [1.54, 1.807) is 25.1 Å². The summed E-state index contributed by atoms with van der Waals surface area (Å²) in [6, 6.07) is 4.91. The lowest BCUT2D eigenvalue weighted by atomic mass is 9.98. The molecular weight excluding hydrogens is 310 g/mol. The molecular formula is C18H25NO5. The number of methoxy groups -OCH3 is 1. The Balaban J connectivity index is 2.15. The Morgan fingerprint density at radius 1 is 1.29 bits per heavy atom. The molecule has 1 aromatic carbocycles. The molecule has 0 saturated heterocycles. The van der Waals surface area contributed by atoms with Gasteiger partial charge in [-0.05, 0) is 57.2 Å². The molecule has 1 aliphatic carbocycles. The number of carbonyl (C=O) groups excluding carboxylic acids is 1. The number of rotatable bonds is 7. The van der Waals surface area contributed by atoms with Crippen molar-refractivity contribution in [1.82, 2.24) is 5.32 Å².